The average Bonchev–Trinajstić information content (AvgIpc) is 2.28. The van der Waals surface area contributed by atoms with Gasteiger partial charge in [0.15, 0.2) is 0 Å². The van der Waals surface area contributed by atoms with Crippen molar-refractivity contribution in [2.24, 2.45) is 5.41 Å². The molecule has 0 aliphatic carbocycles. The molecular weight excluding hydrogens is 204 g/mol. The molecule has 0 aromatic heterocycles. The Morgan fingerprint density at radius 1 is 1.25 bits per heavy atom. The van der Waals surface area contributed by atoms with Crippen LogP contribution in [0.3, 0.4) is 0 Å². The molecule has 0 N–H and O–H groups in total. The van der Waals surface area contributed by atoms with Gasteiger partial charge in [0.1, 0.15) is 11.2 Å². The van der Waals surface area contributed by atoms with E-state index in [1.807, 2.05) is 30.3 Å². The number of ketones is 1. The van der Waals surface area contributed by atoms with Crippen LogP contribution in [0.15, 0.2) is 30.3 Å². The second kappa shape index (κ2) is 4.92. The third-order valence-electron chi connectivity index (χ3n) is 2.81. The average molecular weight is 220 g/mol. The smallest absolute Gasteiger partial charge is 0.319 e. The summed E-state index contributed by atoms with van der Waals surface area (Å²) in [7, 11) is 1.30. The van der Waals surface area contributed by atoms with Crippen LogP contribution in [0, 0.1) is 5.41 Å². The van der Waals surface area contributed by atoms with Gasteiger partial charge in [-0.1, -0.05) is 30.3 Å². The molecule has 3 nitrogen and oxygen atoms in total. The van der Waals surface area contributed by atoms with Crippen molar-refractivity contribution in [2.75, 3.05) is 7.11 Å². The highest BCUT2D eigenvalue weighted by Crippen LogP contribution is 2.25. The summed E-state index contributed by atoms with van der Waals surface area (Å²) in [5.74, 6) is -0.660. The zero-order valence-corrected chi connectivity index (χ0v) is 9.82. The molecule has 1 rings (SSSR count). The zero-order valence-electron chi connectivity index (χ0n) is 9.82. The highest BCUT2D eigenvalue weighted by molar-refractivity contribution is 6.02. The van der Waals surface area contributed by atoms with Crippen LogP contribution in [0.4, 0.5) is 0 Å². The fourth-order valence-corrected chi connectivity index (χ4v) is 1.57. The first-order chi connectivity index (χ1) is 7.50. The van der Waals surface area contributed by atoms with Crippen molar-refractivity contribution in [1.29, 1.82) is 0 Å². The van der Waals surface area contributed by atoms with Gasteiger partial charge in [-0.15, -0.1) is 0 Å². The van der Waals surface area contributed by atoms with E-state index >= 15 is 0 Å². The predicted molar refractivity (Wildman–Crippen MR) is 61.0 cm³/mol. The lowest BCUT2D eigenvalue weighted by atomic mass is 9.80. The van der Waals surface area contributed by atoms with Crippen molar-refractivity contribution in [2.45, 2.75) is 20.3 Å². The maximum Gasteiger partial charge on any atom is 0.319 e. The number of carbonyl (C=O) groups is 2. The topological polar surface area (TPSA) is 43.4 Å². The monoisotopic (exact) mass is 220 g/mol. The van der Waals surface area contributed by atoms with Crippen molar-refractivity contribution in [1.82, 2.24) is 0 Å². The summed E-state index contributed by atoms with van der Waals surface area (Å²) in [5, 5.41) is 0. The lowest BCUT2D eigenvalue weighted by Crippen LogP contribution is -2.38. The van der Waals surface area contributed by atoms with E-state index in [1.165, 1.54) is 14.0 Å². The minimum Gasteiger partial charge on any atom is -0.468 e. The van der Waals surface area contributed by atoms with Gasteiger partial charge in [0.2, 0.25) is 0 Å². The molecule has 0 saturated carbocycles. The van der Waals surface area contributed by atoms with E-state index in [9.17, 15) is 9.59 Å². The van der Waals surface area contributed by atoms with E-state index in [1.54, 1.807) is 6.92 Å². The Hall–Kier alpha value is -1.64. The molecule has 1 aromatic carbocycles. The third kappa shape index (κ3) is 2.48. The van der Waals surface area contributed by atoms with E-state index in [0.29, 0.717) is 6.42 Å². The van der Waals surface area contributed by atoms with Crippen LogP contribution in [0.1, 0.15) is 19.4 Å². The number of esters is 1. The number of carbonyl (C=O) groups excluding carboxylic acids is 2. The molecule has 0 saturated heterocycles. The van der Waals surface area contributed by atoms with E-state index in [4.69, 9.17) is 0 Å². The van der Waals surface area contributed by atoms with Crippen LogP contribution in [0.25, 0.3) is 0 Å². The quantitative estimate of drug-likeness (QED) is 0.575. The second-order valence-corrected chi connectivity index (χ2v) is 4.04. The van der Waals surface area contributed by atoms with E-state index in [2.05, 4.69) is 4.74 Å². The van der Waals surface area contributed by atoms with Gasteiger partial charge in [0, 0.05) is 0 Å². The minimum atomic E-state index is -1.09. The first-order valence-electron chi connectivity index (χ1n) is 5.14. The highest BCUT2D eigenvalue weighted by atomic mass is 16.5. The molecule has 1 aromatic rings. The number of rotatable bonds is 4. The Balaban J connectivity index is 2.97. The molecule has 0 spiro atoms. The second-order valence-electron chi connectivity index (χ2n) is 4.04. The van der Waals surface area contributed by atoms with Crippen LogP contribution < -0.4 is 0 Å². The van der Waals surface area contributed by atoms with E-state index in [0.717, 1.165) is 5.56 Å². The number of hydrogen-bond donors (Lipinski definition) is 0. The molecule has 3 heteroatoms. The molecule has 0 aliphatic rings. The molecule has 0 heterocycles. The highest BCUT2D eigenvalue weighted by Gasteiger charge is 2.39. The number of hydrogen-bond acceptors (Lipinski definition) is 3. The normalized spacial score (nSPS) is 13.9. The lowest BCUT2D eigenvalue weighted by Gasteiger charge is -2.23. The molecule has 0 amide bonds. The summed E-state index contributed by atoms with van der Waals surface area (Å²) in [6, 6.07) is 9.45. The molecular formula is C13H16O3. The van der Waals surface area contributed by atoms with Crippen molar-refractivity contribution in [3.8, 4) is 0 Å². The Morgan fingerprint density at radius 3 is 2.25 bits per heavy atom. The first kappa shape index (κ1) is 12.4. The molecule has 0 fully saturated rings. The molecule has 16 heavy (non-hydrogen) atoms. The van der Waals surface area contributed by atoms with Gasteiger partial charge in [-0.3, -0.25) is 9.59 Å². The van der Waals surface area contributed by atoms with E-state index in [-0.39, 0.29) is 5.78 Å². The largest absolute Gasteiger partial charge is 0.468 e. The van der Waals surface area contributed by atoms with E-state index < -0.39 is 11.4 Å². The van der Waals surface area contributed by atoms with Crippen LogP contribution in [0.5, 0.6) is 0 Å². The minimum absolute atomic E-state index is 0.178. The lowest BCUT2D eigenvalue weighted by molar-refractivity contribution is -0.156. The molecule has 1 unspecified atom stereocenters. The third-order valence-corrected chi connectivity index (χ3v) is 2.81. The summed E-state index contributed by atoms with van der Waals surface area (Å²) >= 11 is 0. The summed E-state index contributed by atoms with van der Waals surface area (Å²) in [4.78, 5) is 23.2. The Labute approximate surface area is 95.4 Å². The van der Waals surface area contributed by atoms with Gasteiger partial charge >= 0.3 is 5.97 Å². The van der Waals surface area contributed by atoms with Crippen molar-refractivity contribution in [3.63, 3.8) is 0 Å². The predicted octanol–water partition coefficient (Wildman–Crippen LogP) is 2.00. The van der Waals surface area contributed by atoms with Gasteiger partial charge in [-0.05, 0) is 25.8 Å². The molecule has 1 atom stereocenters. The van der Waals surface area contributed by atoms with Gasteiger partial charge < -0.3 is 4.74 Å². The summed E-state index contributed by atoms with van der Waals surface area (Å²) in [5.41, 5.74) is -0.138. The number of Topliss-reactive ketones (excluding diaryl/α,β-unsaturated/α-hetero) is 1. The number of ether oxygens (including phenoxy) is 1. The van der Waals surface area contributed by atoms with Crippen LogP contribution in [-0.2, 0) is 20.7 Å². The summed E-state index contributed by atoms with van der Waals surface area (Å²) in [6.45, 7) is 3.04. The van der Waals surface area contributed by atoms with Gasteiger partial charge in [0.25, 0.3) is 0 Å². The van der Waals surface area contributed by atoms with Crippen LogP contribution in [-0.4, -0.2) is 18.9 Å². The standard InChI is InChI=1S/C13H16O3/c1-10(14)13(2,12(15)16-3)9-11-7-5-4-6-8-11/h4-8H,9H2,1-3H3. The first-order valence-corrected chi connectivity index (χ1v) is 5.14. The molecule has 0 radical (unpaired) electrons. The Bertz CT molecular complexity index is 383. The molecule has 0 aliphatic heterocycles. The van der Waals surface area contributed by atoms with Crippen molar-refractivity contribution in [3.05, 3.63) is 35.9 Å². The van der Waals surface area contributed by atoms with Crippen molar-refractivity contribution < 1.29 is 14.3 Å². The molecule has 86 valence electrons. The van der Waals surface area contributed by atoms with Gasteiger partial charge in [0.05, 0.1) is 7.11 Å². The Kier molecular flexibility index (Phi) is 3.82. The maximum atomic E-state index is 11.6. The van der Waals surface area contributed by atoms with Gasteiger partial charge in [-0.2, -0.15) is 0 Å². The van der Waals surface area contributed by atoms with Crippen LogP contribution in [0.2, 0.25) is 0 Å². The Morgan fingerprint density at radius 2 is 1.81 bits per heavy atom. The van der Waals surface area contributed by atoms with Gasteiger partial charge in [-0.25, -0.2) is 0 Å². The van der Waals surface area contributed by atoms with Crippen molar-refractivity contribution >= 4 is 11.8 Å². The SMILES string of the molecule is COC(=O)C(C)(Cc1ccccc1)C(C)=O. The summed E-state index contributed by atoms with van der Waals surface area (Å²) < 4.78 is 4.69. The zero-order chi connectivity index (χ0) is 12.2. The fraction of sp³-hybridized carbons (Fsp3) is 0.385. The maximum absolute atomic E-state index is 11.6. The number of benzene rings is 1. The van der Waals surface area contributed by atoms with Crippen LogP contribution >= 0.6 is 0 Å². The number of methoxy groups -OCH3 is 1. The molecule has 0 bridgehead atoms. The fourth-order valence-electron chi connectivity index (χ4n) is 1.57. The summed E-state index contributed by atoms with van der Waals surface area (Å²) in [6.07, 6.45) is 0.371.